The van der Waals surface area contributed by atoms with E-state index in [1.165, 1.54) is 109 Å². The minimum atomic E-state index is -0.714. The van der Waals surface area contributed by atoms with Gasteiger partial charge in [0.15, 0.2) is 0 Å². The first-order valence-corrected chi connectivity index (χ1v) is 19.0. The molecule has 0 radical (unpaired) electrons. The third-order valence-corrected chi connectivity index (χ3v) is 8.33. The monoisotopic (exact) mass is 617 g/mol. The summed E-state index contributed by atoms with van der Waals surface area (Å²) in [6, 6.07) is 0. The molecule has 0 saturated heterocycles. The van der Waals surface area contributed by atoms with E-state index in [0.29, 0.717) is 6.42 Å². The lowest BCUT2D eigenvalue weighted by Crippen LogP contribution is -2.18. The molecule has 4 nitrogen and oxygen atoms in total. The third kappa shape index (κ3) is 34.6. The largest absolute Gasteiger partial charge is 0.481 e. The molecule has 0 heterocycles. The van der Waals surface area contributed by atoms with Crippen molar-refractivity contribution >= 4 is 11.9 Å². The Hall–Kier alpha value is -1.84. The van der Waals surface area contributed by atoms with Crippen molar-refractivity contribution in [2.75, 3.05) is 0 Å². The number of rotatable bonds is 34. The van der Waals surface area contributed by atoms with Crippen LogP contribution in [0.25, 0.3) is 0 Å². The number of carboxylic acid groups (broad SMARTS) is 1. The summed E-state index contributed by atoms with van der Waals surface area (Å²) in [6.45, 7) is 4.49. The van der Waals surface area contributed by atoms with Gasteiger partial charge in [-0.05, 0) is 96.3 Å². The van der Waals surface area contributed by atoms with E-state index in [0.717, 1.165) is 64.2 Å². The summed E-state index contributed by atoms with van der Waals surface area (Å²) in [6.07, 6.45) is 46.0. The highest BCUT2D eigenvalue weighted by molar-refractivity contribution is 5.69. The van der Waals surface area contributed by atoms with Crippen LogP contribution in [0.2, 0.25) is 0 Å². The molecule has 1 N–H and O–H groups in total. The minimum Gasteiger partial charge on any atom is -0.481 e. The lowest BCUT2D eigenvalue weighted by molar-refractivity contribution is -0.150. The number of carbonyl (C=O) groups excluding carboxylic acids is 1. The molecular formula is C40H72O4. The fraction of sp³-hybridized carbons (Fsp3) is 0.800. The van der Waals surface area contributed by atoms with Crippen LogP contribution in [0.5, 0.6) is 0 Å². The molecule has 0 aliphatic carbocycles. The van der Waals surface area contributed by atoms with E-state index in [9.17, 15) is 9.59 Å². The van der Waals surface area contributed by atoms with E-state index < -0.39 is 5.97 Å². The van der Waals surface area contributed by atoms with Crippen LogP contribution in [0.1, 0.15) is 200 Å². The number of unbranched alkanes of at least 4 members (excludes halogenated alkanes) is 19. The van der Waals surface area contributed by atoms with Crippen LogP contribution in [0.4, 0.5) is 0 Å². The van der Waals surface area contributed by atoms with Crippen molar-refractivity contribution < 1.29 is 19.4 Å². The molecule has 44 heavy (non-hydrogen) atoms. The molecule has 0 rings (SSSR count). The Bertz CT molecular complexity index is 708. The summed E-state index contributed by atoms with van der Waals surface area (Å²) < 4.78 is 5.92. The van der Waals surface area contributed by atoms with Gasteiger partial charge in [0.2, 0.25) is 0 Å². The lowest BCUT2D eigenvalue weighted by Gasteiger charge is -2.18. The molecule has 0 aliphatic rings. The topological polar surface area (TPSA) is 63.6 Å². The summed E-state index contributed by atoms with van der Waals surface area (Å²) in [5, 5.41) is 8.80. The highest BCUT2D eigenvalue weighted by Gasteiger charge is 2.14. The molecule has 256 valence electrons. The van der Waals surface area contributed by atoms with Gasteiger partial charge in [-0.3, -0.25) is 9.59 Å². The maximum Gasteiger partial charge on any atom is 0.306 e. The maximum absolute atomic E-state index is 12.5. The second-order valence-electron chi connectivity index (χ2n) is 12.8. The van der Waals surface area contributed by atoms with Crippen molar-refractivity contribution in [3.63, 3.8) is 0 Å². The molecule has 4 heteroatoms. The zero-order valence-electron chi connectivity index (χ0n) is 29.2. The van der Waals surface area contributed by atoms with Crippen molar-refractivity contribution in [3.05, 3.63) is 36.5 Å². The van der Waals surface area contributed by atoms with Crippen LogP contribution in [-0.4, -0.2) is 23.1 Å². The Labute approximate surface area is 273 Å². The Morgan fingerprint density at radius 2 is 0.886 bits per heavy atom. The summed E-state index contributed by atoms with van der Waals surface area (Å²) in [4.78, 5) is 23.2. The average molecular weight is 617 g/mol. The number of carbonyl (C=O) groups is 2. The van der Waals surface area contributed by atoms with Gasteiger partial charge < -0.3 is 9.84 Å². The van der Waals surface area contributed by atoms with Crippen LogP contribution >= 0.6 is 0 Å². The SMILES string of the molecule is CCCCC/C=C\C/C=C\CCCC/C=C\CCCCCCCC(=O)OC(CCCCCCCC)CCCCCCC(=O)O. The lowest BCUT2D eigenvalue weighted by atomic mass is 10.0. The van der Waals surface area contributed by atoms with Gasteiger partial charge in [0, 0.05) is 12.8 Å². The van der Waals surface area contributed by atoms with Crippen LogP contribution in [0.15, 0.2) is 36.5 Å². The molecule has 0 fully saturated rings. The van der Waals surface area contributed by atoms with E-state index in [4.69, 9.17) is 9.84 Å². The van der Waals surface area contributed by atoms with Crippen molar-refractivity contribution in [2.24, 2.45) is 0 Å². The number of aliphatic carboxylic acids is 1. The van der Waals surface area contributed by atoms with Gasteiger partial charge in [0.25, 0.3) is 0 Å². The van der Waals surface area contributed by atoms with Crippen LogP contribution < -0.4 is 0 Å². The zero-order chi connectivity index (χ0) is 32.2. The predicted octanol–water partition coefficient (Wildman–Crippen LogP) is 13.0. The first-order chi connectivity index (χ1) is 21.6. The highest BCUT2D eigenvalue weighted by Crippen LogP contribution is 2.18. The molecule has 1 atom stereocenters. The smallest absolute Gasteiger partial charge is 0.306 e. The summed E-state index contributed by atoms with van der Waals surface area (Å²) in [7, 11) is 0. The first-order valence-electron chi connectivity index (χ1n) is 19.0. The number of allylic oxidation sites excluding steroid dienone is 6. The maximum atomic E-state index is 12.5. The minimum absolute atomic E-state index is 0.0278. The van der Waals surface area contributed by atoms with Crippen molar-refractivity contribution in [1.29, 1.82) is 0 Å². The summed E-state index contributed by atoms with van der Waals surface area (Å²) >= 11 is 0. The van der Waals surface area contributed by atoms with Crippen molar-refractivity contribution in [3.8, 4) is 0 Å². The normalized spacial score (nSPS) is 12.6. The second-order valence-corrected chi connectivity index (χ2v) is 12.8. The van der Waals surface area contributed by atoms with Crippen molar-refractivity contribution in [2.45, 2.75) is 206 Å². The molecule has 0 aromatic rings. The fourth-order valence-electron chi connectivity index (χ4n) is 5.50. The standard InChI is InChI=1S/C40H72O4/c1-3-5-7-9-11-12-13-14-15-16-17-18-19-20-21-22-23-24-25-27-33-37-40(43)44-38(34-30-26-10-8-6-4-2)35-31-28-29-32-36-39(41)42/h11-12,14-15,20-21,38H,3-10,13,16-19,22-37H2,1-2H3,(H,41,42)/b12-11-,15-14-,21-20-. The van der Waals surface area contributed by atoms with Crippen LogP contribution in [-0.2, 0) is 14.3 Å². The Morgan fingerprint density at radius 3 is 1.43 bits per heavy atom. The number of esters is 1. The van der Waals surface area contributed by atoms with E-state index in [1.807, 2.05) is 0 Å². The number of hydrogen-bond acceptors (Lipinski definition) is 3. The molecule has 0 aromatic heterocycles. The average Bonchev–Trinajstić information content (AvgIpc) is 3.01. The molecule has 0 saturated carbocycles. The fourth-order valence-corrected chi connectivity index (χ4v) is 5.50. The molecule has 0 spiro atoms. The first kappa shape index (κ1) is 42.2. The summed E-state index contributed by atoms with van der Waals surface area (Å²) in [5.74, 6) is -0.742. The summed E-state index contributed by atoms with van der Waals surface area (Å²) in [5.41, 5.74) is 0. The molecule has 0 amide bonds. The van der Waals surface area contributed by atoms with Gasteiger partial charge in [0.1, 0.15) is 6.10 Å². The molecule has 1 unspecified atom stereocenters. The van der Waals surface area contributed by atoms with Crippen LogP contribution in [0.3, 0.4) is 0 Å². The second kappa shape index (κ2) is 35.6. The van der Waals surface area contributed by atoms with Gasteiger partial charge in [0.05, 0.1) is 0 Å². The Balaban J connectivity index is 3.82. The van der Waals surface area contributed by atoms with E-state index in [1.54, 1.807) is 0 Å². The highest BCUT2D eigenvalue weighted by atomic mass is 16.5. The van der Waals surface area contributed by atoms with Gasteiger partial charge >= 0.3 is 11.9 Å². The van der Waals surface area contributed by atoms with Gasteiger partial charge in [-0.25, -0.2) is 0 Å². The zero-order valence-corrected chi connectivity index (χ0v) is 29.2. The van der Waals surface area contributed by atoms with Gasteiger partial charge in [-0.15, -0.1) is 0 Å². The van der Waals surface area contributed by atoms with Crippen LogP contribution in [0, 0.1) is 0 Å². The molecule has 0 bridgehead atoms. The number of ether oxygens (including phenoxy) is 1. The van der Waals surface area contributed by atoms with Gasteiger partial charge in [-0.2, -0.15) is 0 Å². The third-order valence-electron chi connectivity index (χ3n) is 8.33. The molecular weight excluding hydrogens is 544 g/mol. The van der Waals surface area contributed by atoms with E-state index >= 15 is 0 Å². The quantitative estimate of drug-likeness (QED) is 0.0444. The van der Waals surface area contributed by atoms with Gasteiger partial charge in [-0.1, -0.05) is 127 Å². The van der Waals surface area contributed by atoms with E-state index in [2.05, 4.69) is 50.3 Å². The number of carboxylic acids is 1. The molecule has 0 aromatic carbocycles. The Morgan fingerprint density at radius 1 is 0.500 bits per heavy atom. The van der Waals surface area contributed by atoms with E-state index in [-0.39, 0.29) is 18.5 Å². The predicted molar refractivity (Wildman–Crippen MR) is 190 cm³/mol. The Kier molecular flexibility index (Phi) is 34.1. The number of hydrogen-bond donors (Lipinski definition) is 1. The van der Waals surface area contributed by atoms with Crippen molar-refractivity contribution in [1.82, 2.24) is 0 Å². The molecule has 0 aliphatic heterocycles.